The third-order valence-corrected chi connectivity index (χ3v) is 2.89. The van der Waals surface area contributed by atoms with Crippen molar-refractivity contribution in [2.45, 2.75) is 27.2 Å². The van der Waals surface area contributed by atoms with Gasteiger partial charge in [-0.25, -0.2) is 9.97 Å². The molecule has 0 aliphatic carbocycles. The quantitative estimate of drug-likeness (QED) is 0.899. The second-order valence-electron chi connectivity index (χ2n) is 4.32. The molecule has 2 rings (SSSR count). The van der Waals surface area contributed by atoms with E-state index in [1.807, 2.05) is 33.3 Å². The smallest absolute Gasteiger partial charge is 0.132 e. The molecule has 4 heteroatoms. The highest BCUT2D eigenvalue weighted by molar-refractivity contribution is 5.67. The average Bonchev–Trinajstić information content (AvgIpc) is 2.39. The molecule has 2 aromatic rings. The van der Waals surface area contributed by atoms with Crippen molar-refractivity contribution < 1.29 is 0 Å². The Labute approximate surface area is 108 Å². The van der Waals surface area contributed by atoms with Crippen molar-refractivity contribution in [3.63, 3.8) is 0 Å². The lowest BCUT2D eigenvalue weighted by atomic mass is 10.1. The van der Waals surface area contributed by atoms with E-state index in [1.54, 1.807) is 0 Å². The molecule has 0 aliphatic rings. The first kappa shape index (κ1) is 12.5. The fourth-order valence-electron chi connectivity index (χ4n) is 1.93. The first-order valence-corrected chi connectivity index (χ1v) is 6.13. The molecular weight excluding hydrogens is 224 g/mol. The molecule has 0 atom stereocenters. The summed E-state index contributed by atoms with van der Waals surface area (Å²) in [5, 5.41) is 3.12. The molecule has 18 heavy (non-hydrogen) atoms. The highest BCUT2D eigenvalue weighted by Crippen LogP contribution is 2.25. The van der Waals surface area contributed by atoms with E-state index in [0.717, 1.165) is 40.4 Å². The van der Waals surface area contributed by atoms with Crippen molar-refractivity contribution in [1.29, 1.82) is 0 Å². The van der Waals surface area contributed by atoms with Crippen LogP contribution < -0.4 is 5.32 Å². The highest BCUT2D eigenvalue weighted by Gasteiger charge is 2.11. The zero-order valence-electron chi connectivity index (χ0n) is 11.3. The maximum absolute atomic E-state index is 4.62. The largest absolute Gasteiger partial charge is 0.373 e. The van der Waals surface area contributed by atoms with Crippen LogP contribution in [0.15, 0.2) is 18.5 Å². The van der Waals surface area contributed by atoms with Crippen LogP contribution in [0, 0.1) is 13.8 Å². The second kappa shape index (κ2) is 5.12. The Balaban J connectivity index is 2.62. The molecule has 0 fully saturated rings. The molecule has 0 saturated heterocycles. The van der Waals surface area contributed by atoms with Crippen molar-refractivity contribution in [2.75, 3.05) is 12.4 Å². The summed E-state index contributed by atoms with van der Waals surface area (Å²) in [6, 6.07) is 2.10. The van der Waals surface area contributed by atoms with E-state index in [1.165, 1.54) is 0 Å². The van der Waals surface area contributed by atoms with E-state index in [0.29, 0.717) is 0 Å². The SMILES string of the molecule is CCc1nc(NC)c(C)c(-c2cncc(C)c2)n1. The molecule has 0 bridgehead atoms. The van der Waals surface area contributed by atoms with Gasteiger partial charge >= 0.3 is 0 Å². The Morgan fingerprint density at radius 2 is 1.94 bits per heavy atom. The molecule has 2 aromatic heterocycles. The number of nitrogens with one attached hydrogen (secondary N) is 1. The third kappa shape index (κ3) is 2.32. The van der Waals surface area contributed by atoms with Crippen LogP contribution >= 0.6 is 0 Å². The molecule has 2 heterocycles. The second-order valence-corrected chi connectivity index (χ2v) is 4.32. The predicted octanol–water partition coefficient (Wildman–Crippen LogP) is 2.76. The minimum absolute atomic E-state index is 0.821. The van der Waals surface area contributed by atoms with E-state index in [9.17, 15) is 0 Å². The van der Waals surface area contributed by atoms with E-state index in [-0.39, 0.29) is 0 Å². The van der Waals surface area contributed by atoms with Crippen LogP contribution in [0.2, 0.25) is 0 Å². The standard InChI is InChI=1S/C14H18N4/c1-5-12-17-13(10(3)14(15-4)18-12)11-6-9(2)7-16-8-11/h6-8H,5H2,1-4H3,(H,15,17,18). The summed E-state index contributed by atoms with van der Waals surface area (Å²) in [5.41, 5.74) is 4.19. The van der Waals surface area contributed by atoms with Gasteiger partial charge in [-0.3, -0.25) is 4.98 Å². The van der Waals surface area contributed by atoms with Crippen LogP contribution in [0.25, 0.3) is 11.3 Å². The molecule has 4 nitrogen and oxygen atoms in total. The predicted molar refractivity (Wildman–Crippen MR) is 73.7 cm³/mol. The Kier molecular flexibility index (Phi) is 3.55. The molecule has 0 aliphatic heterocycles. The number of nitrogens with zero attached hydrogens (tertiary/aromatic N) is 3. The van der Waals surface area contributed by atoms with E-state index >= 15 is 0 Å². The molecule has 0 spiro atoms. The highest BCUT2D eigenvalue weighted by atomic mass is 15.0. The Bertz CT molecular complexity index is 564. The first-order chi connectivity index (χ1) is 8.65. The molecule has 94 valence electrons. The topological polar surface area (TPSA) is 50.7 Å². The zero-order valence-corrected chi connectivity index (χ0v) is 11.3. The average molecular weight is 242 g/mol. The van der Waals surface area contributed by atoms with E-state index < -0.39 is 0 Å². The van der Waals surface area contributed by atoms with E-state index in [4.69, 9.17) is 0 Å². The number of pyridine rings is 1. The number of hydrogen-bond donors (Lipinski definition) is 1. The molecule has 0 amide bonds. The summed E-state index contributed by atoms with van der Waals surface area (Å²) < 4.78 is 0. The summed E-state index contributed by atoms with van der Waals surface area (Å²) in [5.74, 6) is 1.74. The maximum Gasteiger partial charge on any atom is 0.132 e. The lowest BCUT2D eigenvalue weighted by Gasteiger charge is -2.11. The number of aryl methyl sites for hydroxylation is 2. The molecule has 0 unspecified atom stereocenters. The molecule has 1 N–H and O–H groups in total. The summed E-state index contributed by atoms with van der Waals surface area (Å²) in [7, 11) is 1.88. The number of aromatic nitrogens is 3. The van der Waals surface area contributed by atoms with Crippen molar-refractivity contribution in [3.8, 4) is 11.3 Å². The lowest BCUT2D eigenvalue weighted by Crippen LogP contribution is -2.04. The lowest BCUT2D eigenvalue weighted by molar-refractivity contribution is 0.935. The van der Waals surface area contributed by atoms with Crippen LogP contribution in [0.3, 0.4) is 0 Å². The van der Waals surface area contributed by atoms with Gasteiger partial charge in [0, 0.05) is 37.0 Å². The van der Waals surface area contributed by atoms with Crippen LogP contribution in [-0.2, 0) is 6.42 Å². The van der Waals surface area contributed by atoms with Gasteiger partial charge in [-0.05, 0) is 25.5 Å². The molecular formula is C14H18N4. The molecule has 0 aromatic carbocycles. The van der Waals surface area contributed by atoms with Gasteiger partial charge in [0.1, 0.15) is 11.6 Å². The minimum atomic E-state index is 0.821. The first-order valence-electron chi connectivity index (χ1n) is 6.13. The van der Waals surface area contributed by atoms with Crippen LogP contribution in [0.4, 0.5) is 5.82 Å². The Morgan fingerprint density at radius 3 is 2.56 bits per heavy atom. The van der Waals surface area contributed by atoms with Gasteiger partial charge in [0.15, 0.2) is 0 Å². The fraction of sp³-hybridized carbons (Fsp3) is 0.357. The van der Waals surface area contributed by atoms with Gasteiger partial charge in [-0.15, -0.1) is 0 Å². The van der Waals surface area contributed by atoms with Crippen LogP contribution in [-0.4, -0.2) is 22.0 Å². The summed E-state index contributed by atoms with van der Waals surface area (Å²) in [6.45, 7) is 6.12. The Hall–Kier alpha value is -1.97. The molecule has 0 radical (unpaired) electrons. The minimum Gasteiger partial charge on any atom is -0.373 e. The van der Waals surface area contributed by atoms with Gasteiger partial charge in [-0.1, -0.05) is 6.92 Å². The number of anilines is 1. The van der Waals surface area contributed by atoms with Crippen molar-refractivity contribution in [3.05, 3.63) is 35.4 Å². The Morgan fingerprint density at radius 1 is 1.17 bits per heavy atom. The summed E-state index contributed by atoms with van der Waals surface area (Å²) >= 11 is 0. The molecule has 0 saturated carbocycles. The van der Waals surface area contributed by atoms with Crippen LogP contribution in [0.1, 0.15) is 23.9 Å². The van der Waals surface area contributed by atoms with Crippen LogP contribution in [0.5, 0.6) is 0 Å². The van der Waals surface area contributed by atoms with Gasteiger partial charge in [-0.2, -0.15) is 0 Å². The van der Waals surface area contributed by atoms with Gasteiger partial charge in [0.05, 0.1) is 5.69 Å². The van der Waals surface area contributed by atoms with Gasteiger partial charge in [0.25, 0.3) is 0 Å². The van der Waals surface area contributed by atoms with Crippen molar-refractivity contribution in [2.24, 2.45) is 0 Å². The number of hydrogen-bond acceptors (Lipinski definition) is 4. The monoisotopic (exact) mass is 242 g/mol. The van der Waals surface area contributed by atoms with Gasteiger partial charge < -0.3 is 5.32 Å². The van der Waals surface area contributed by atoms with Gasteiger partial charge in [0.2, 0.25) is 0 Å². The summed E-state index contributed by atoms with van der Waals surface area (Å²) in [4.78, 5) is 13.3. The zero-order chi connectivity index (χ0) is 13.1. The maximum atomic E-state index is 4.62. The van der Waals surface area contributed by atoms with Crippen molar-refractivity contribution >= 4 is 5.82 Å². The third-order valence-electron chi connectivity index (χ3n) is 2.89. The van der Waals surface area contributed by atoms with Crippen molar-refractivity contribution in [1.82, 2.24) is 15.0 Å². The normalized spacial score (nSPS) is 10.4. The number of rotatable bonds is 3. The summed E-state index contributed by atoms with van der Waals surface area (Å²) in [6.07, 6.45) is 4.52. The van der Waals surface area contributed by atoms with E-state index in [2.05, 4.69) is 33.3 Å². The fourth-order valence-corrected chi connectivity index (χ4v) is 1.93.